The van der Waals surface area contributed by atoms with Crippen LogP contribution >= 0.6 is 0 Å². The van der Waals surface area contributed by atoms with E-state index in [0.29, 0.717) is 50.9 Å². The third kappa shape index (κ3) is 3.04. The van der Waals surface area contributed by atoms with Crippen molar-refractivity contribution >= 4 is 17.4 Å². The van der Waals surface area contributed by atoms with Crippen molar-refractivity contribution in [3.8, 4) is 17.2 Å². The normalized spacial score (nSPS) is 17.1. The van der Waals surface area contributed by atoms with Gasteiger partial charge in [-0.1, -0.05) is 24.3 Å². The number of fused-ring (bicyclic) bond motifs is 2. The van der Waals surface area contributed by atoms with E-state index in [2.05, 4.69) is 5.32 Å². The van der Waals surface area contributed by atoms with E-state index in [1.807, 2.05) is 18.2 Å². The van der Waals surface area contributed by atoms with Gasteiger partial charge in [-0.3, -0.25) is 4.79 Å². The number of nitrogens with one attached hydrogen (secondary N) is 1. The molecule has 31 heavy (non-hydrogen) atoms. The van der Waals surface area contributed by atoms with Gasteiger partial charge >= 0.3 is 5.97 Å². The molecule has 2 aromatic rings. The van der Waals surface area contributed by atoms with E-state index in [4.69, 9.17) is 18.9 Å². The molecule has 1 aliphatic carbocycles. The average molecular weight is 421 g/mol. The Kier molecular flexibility index (Phi) is 5.19. The van der Waals surface area contributed by atoms with Crippen molar-refractivity contribution in [2.45, 2.75) is 12.8 Å². The quantitative estimate of drug-likeness (QED) is 0.741. The van der Waals surface area contributed by atoms with E-state index in [1.165, 1.54) is 28.4 Å². The van der Waals surface area contributed by atoms with Crippen LogP contribution in [0.3, 0.4) is 0 Å². The first kappa shape index (κ1) is 20.5. The molecule has 4 rings (SSSR count). The Balaban J connectivity index is 2.00. The Labute approximate surface area is 180 Å². The van der Waals surface area contributed by atoms with Crippen molar-refractivity contribution in [1.82, 2.24) is 5.32 Å². The summed E-state index contributed by atoms with van der Waals surface area (Å²) in [5.41, 5.74) is 4.22. The van der Waals surface area contributed by atoms with Gasteiger partial charge in [-0.25, -0.2) is 4.79 Å². The smallest absolute Gasteiger partial charge is 0.336 e. The average Bonchev–Trinajstić information content (AvgIpc) is 3.08. The van der Waals surface area contributed by atoms with Gasteiger partial charge in [-0.2, -0.15) is 0 Å². The summed E-state index contributed by atoms with van der Waals surface area (Å²) >= 11 is 0. The highest BCUT2D eigenvalue weighted by Gasteiger charge is 2.43. The van der Waals surface area contributed by atoms with Crippen molar-refractivity contribution < 1.29 is 28.5 Å². The van der Waals surface area contributed by atoms with Gasteiger partial charge in [0, 0.05) is 28.3 Å². The van der Waals surface area contributed by atoms with Crippen LogP contribution in [-0.2, 0) is 9.53 Å². The molecule has 7 nitrogen and oxygen atoms in total. The van der Waals surface area contributed by atoms with Crippen molar-refractivity contribution in [2.75, 3.05) is 28.4 Å². The van der Waals surface area contributed by atoms with Gasteiger partial charge in [0.25, 0.3) is 0 Å². The van der Waals surface area contributed by atoms with Gasteiger partial charge in [-0.05, 0) is 24.6 Å². The lowest BCUT2D eigenvalue weighted by Gasteiger charge is -2.29. The topological polar surface area (TPSA) is 83.1 Å². The molecule has 0 fully saturated rings. The first-order chi connectivity index (χ1) is 15.0. The van der Waals surface area contributed by atoms with Crippen LogP contribution in [0.4, 0.5) is 0 Å². The maximum Gasteiger partial charge on any atom is 0.336 e. The first-order valence-corrected chi connectivity index (χ1v) is 9.71. The minimum Gasteiger partial charge on any atom is -0.493 e. The maximum atomic E-state index is 13.5. The Bertz CT molecular complexity index is 1140. The summed E-state index contributed by atoms with van der Waals surface area (Å²) in [6.07, 6.45) is 0. The molecule has 0 aromatic heterocycles. The molecule has 1 aliphatic heterocycles. The van der Waals surface area contributed by atoms with Crippen LogP contribution in [0.2, 0.25) is 0 Å². The van der Waals surface area contributed by atoms with Gasteiger partial charge in [0.1, 0.15) is 0 Å². The number of hydrogen-bond donors (Lipinski definition) is 1. The maximum absolute atomic E-state index is 13.5. The van der Waals surface area contributed by atoms with Crippen molar-refractivity contribution in [3.63, 3.8) is 0 Å². The van der Waals surface area contributed by atoms with Crippen LogP contribution in [0.1, 0.15) is 34.3 Å². The number of Topliss-reactive ketones (excluding diaryl/α,β-unsaturated/α-hetero) is 1. The van der Waals surface area contributed by atoms with E-state index < -0.39 is 11.9 Å². The van der Waals surface area contributed by atoms with Crippen LogP contribution in [0.25, 0.3) is 5.70 Å². The van der Waals surface area contributed by atoms with Crippen molar-refractivity contribution in [1.29, 1.82) is 0 Å². The predicted molar refractivity (Wildman–Crippen MR) is 114 cm³/mol. The number of carbonyl (C=O) groups excluding carboxylic acids is 2. The number of carbonyl (C=O) groups is 2. The summed E-state index contributed by atoms with van der Waals surface area (Å²) in [4.78, 5) is 26.3. The summed E-state index contributed by atoms with van der Waals surface area (Å²) in [7, 11) is 5.89. The predicted octanol–water partition coefficient (Wildman–Crippen LogP) is 3.45. The highest BCUT2D eigenvalue weighted by molar-refractivity contribution is 6.23. The van der Waals surface area contributed by atoms with Crippen LogP contribution in [0.15, 0.2) is 53.2 Å². The van der Waals surface area contributed by atoms with Crippen molar-refractivity contribution in [2.24, 2.45) is 0 Å². The van der Waals surface area contributed by atoms with Crippen LogP contribution in [-0.4, -0.2) is 40.2 Å². The molecule has 7 heteroatoms. The third-order valence-electron chi connectivity index (χ3n) is 5.67. The number of methoxy groups -OCH3 is 4. The highest BCUT2D eigenvalue weighted by Crippen LogP contribution is 2.49. The standard InChI is InChI=1S/C24H23NO6/c1-12-18(24(27)31-5)19(13-10-16(28-2)23(30-4)17(11-13)29-3)20-21(25-12)14-8-6-7-9-15(14)22(20)26/h6-11,19,25H,1-5H3/t19-/m1/s1. The monoisotopic (exact) mass is 421 g/mol. The van der Waals surface area contributed by atoms with Crippen molar-refractivity contribution in [3.05, 3.63) is 69.9 Å². The minimum absolute atomic E-state index is 0.134. The molecule has 1 heterocycles. The summed E-state index contributed by atoms with van der Waals surface area (Å²) < 4.78 is 21.5. The summed E-state index contributed by atoms with van der Waals surface area (Å²) in [6, 6.07) is 10.9. The lowest BCUT2D eigenvalue weighted by Crippen LogP contribution is -2.29. The molecular formula is C24H23NO6. The lowest BCUT2D eigenvalue weighted by molar-refractivity contribution is -0.136. The van der Waals surface area contributed by atoms with Gasteiger partial charge < -0.3 is 24.3 Å². The van der Waals surface area contributed by atoms with Crippen LogP contribution in [0, 0.1) is 0 Å². The second-order valence-corrected chi connectivity index (χ2v) is 7.21. The Morgan fingerprint density at radius 1 is 0.935 bits per heavy atom. The lowest BCUT2D eigenvalue weighted by atomic mass is 9.79. The molecule has 2 aliphatic rings. The number of benzene rings is 2. The summed E-state index contributed by atoms with van der Waals surface area (Å²) in [5.74, 6) is -0.0231. The molecule has 0 radical (unpaired) electrons. The fourth-order valence-corrected chi connectivity index (χ4v) is 4.31. The number of ketones is 1. The van der Waals surface area contributed by atoms with E-state index >= 15 is 0 Å². The minimum atomic E-state index is -0.669. The summed E-state index contributed by atoms with van der Waals surface area (Å²) in [5, 5.41) is 3.26. The van der Waals surface area contributed by atoms with Gasteiger partial charge in [-0.15, -0.1) is 0 Å². The zero-order valence-electron chi connectivity index (χ0n) is 18.0. The van der Waals surface area contributed by atoms with Gasteiger partial charge in [0.05, 0.1) is 39.7 Å². The highest BCUT2D eigenvalue weighted by atomic mass is 16.5. The molecule has 0 saturated carbocycles. The fourth-order valence-electron chi connectivity index (χ4n) is 4.31. The molecule has 2 aromatic carbocycles. The molecule has 0 unspecified atom stereocenters. The third-order valence-corrected chi connectivity index (χ3v) is 5.67. The molecule has 1 atom stereocenters. The van der Waals surface area contributed by atoms with E-state index in [9.17, 15) is 9.59 Å². The molecule has 0 bridgehead atoms. The number of dihydropyridines is 1. The molecule has 0 saturated heterocycles. The molecule has 160 valence electrons. The summed E-state index contributed by atoms with van der Waals surface area (Å²) in [6.45, 7) is 1.80. The molecular weight excluding hydrogens is 398 g/mol. The molecule has 0 amide bonds. The largest absolute Gasteiger partial charge is 0.493 e. The second kappa shape index (κ2) is 7.83. The van der Waals surface area contributed by atoms with Gasteiger partial charge in [0.15, 0.2) is 17.3 Å². The Hall–Kier alpha value is -3.74. The van der Waals surface area contributed by atoms with E-state index in [1.54, 1.807) is 25.1 Å². The molecule has 0 spiro atoms. The zero-order valence-corrected chi connectivity index (χ0v) is 18.0. The number of ether oxygens (including phenoxy) is 4. The SMILES string of the molecule is COC(=O)C1=C(C)NC2=C(C(=O)c3ccccc32)[C@@H]1c1cc(OC)c(OC)c(OC)c1. The Morgan fingerprint density at radius 2 is 1.55 bits per heavy atom. The van der Waals surface area contributed by atoms with E-state index in [-0.39, 0.29) is 5.78 Å². The zero-order chi connectivity index (χ0) is 22.3. The number of hydrogen-bond acceptors (Lipinski definition) is 7. The number of allylic oxidation sites excluding steroid dienone is 2. The van der Waals surface area contributed by atoms with Crippen LogP contribution < -0.4 is 19.5 Å². The van der Waals surface area contributed by atoms with Crippen LogP contribution in [0.5, 0.6) is 17.2 Å². The Morgan fingerprint density at radius 3 is 2.10 bits per heavy atom. The number of esters is 1. The second-order valence-electron chi connectivity index (χ2n) is 7.21. The van der Waals surface area contributed by atoms with Gasteiger partial charge in [0.2, 0.25) is 5.75 Å². The van der Waals surface area contributed by atoms with E-state index in [0.717, 1.165) is 5.56 Å². The fraction of sp³-hybridized carbons (Fsp3) is 0.250. The first-order valence-electron chi connectivity index (χ1n) is 9.71. The molecule has 1 N–H and O–H groups in total. The number of rotatable bonds is 5.